The van der Waals surface area contributed by atoms with Crippen molar-refractivity contribution >= 4 is 35.8 Å². The van der Waals surface area contributed by atoms with E-state index in [1.165, 1.54) is 18.3 Å². The molecule has 0 saturated carbocycles. The van der Waals surface area contributed by atoms with Gasteiger partial charge in [-0.05, 0) is 6.92 Å². The van der Waals surface area contributed by atoms with Gasteiger partial charge in [0.05, 0.1) is 6.54 Å². The Morgan fingerprint density at radius 1 is 1.59 bits per heavy atom. The summed E-state index contributed by atoms with van der Waals surface area (Å²) in [6.45, 7) is 3.70. The molecule has 17 heavy (non-hydrogen) atoms. The SMILES string of the molecule is CC(=O)NC(CS)C(=O)NCc1ncc(C)s1. The van der Waals surface area contributed by atoms with Crippen LogP contribution in [0.25, 0.3) is 0 Å². The number of aryl methyl sites for hydroxylation is 1. The molecule has 1 unspecified atom stereocenters. The third-order valence-electron chi connectivity index (χ3n) is 1.96. The number of thiol groups is 1. The van der Waals surface area contributed by atoms with Crippen molar-refractivity contribution in [2.24, 2.45) is 0 Å². The predicted octanol–water partition coefficient (Wildman–Crippen LogP) is 0.502. The van der Waals surface area contributed by atoms with Crippen LogP contribution in [-0.4, -0.2) is 28.6 Å². The second-order valence-corrected chi connectivity index (χ2v) is 5.20. The zero-order valence-corrected chi connectivity index (χ0v) is 11.4. The molecule has 1 aromatic rings. The van der Waals surface area contributed by atoms with Crippen molar-refractivity contribution in [3.05, 3.63) is 16.1 Å². The van der Waals surface area contributed by atoms with Gasteiger partial charge in [-0.1, -0.05) is 0 Å². The molecule has 0 spiro atoms. The molecule has 0 saturated heterocycles. The van der Waals surface area contributed by atoms with E-state index in [0.717, 1.165) is 9.88 Å². The van der Waals surface area contributed by atoms with Crippen LogP contribution < -0.4 is 10.6 Å². The lowest BCUT2D eigenvalue weighted by atomic mass is 10.3. The number of nitrogens with zero attached hydrogens (tertiary/aromatic N) is 1. The van der Waals surface area contributed by atoms with Crippen LogP contribution in [0.4, 0.5) is 0 Å². The van der Waals surface area contributed by atoms with Gasteiger partial charge in [0.1, 0.15) is 11.0 Å². The fourth-order valence-corrected chi connectivity index (χ4v) is 2.19. The normalized spacial score (nSPS) is 11.9. The molecule has 1 atom stereocenters. The Morgan fingerprint density at radius 2 is 2.29 bits per heavy atom. The van der Waals surface area contributed by atoms with Crippen molar-refractivity contribution in [1.82, 2.24) is 15.6 Å². The van der Waals surface area contributed by atoms with Gasteiger partial charge in [-0.2, -0.15) is 12.6 Å². The summed E-state index contributed by atoms with van der Waals surface area (Å²) in [7, 11) is 0. The third-order valence-corrected chi connectivity index (χ3v) is 3.24. The molecule has 2 amide bonds. The van der Waals surface area contributed by atoms with Crippen LogP contribution in [0.3, 0.4) is 0 Å². The van der Waals surface area contributed by atoms with Crippen molar-refractivity contribution in [2.75, 3.05) is 5.75 Å². The first kappa shape index (κ1) is 14.0. The maximum atomic E-state index is 11.7. The van der Waals surface area contributed by atoms with E-state index in [1.807, 2.05) is 6.92 Å². The van der Waals surface area contributed by atoms with Gasteiger partial charge in [0.25, 0.3) is 0 Å². The Hall–Kier alpha value is -1.08. The lowest BCUT2D eigenvalue weighted by molar-refractivity contribution is -0.127. The third kappa shape index (κ3) is 4.74. The highest BCUT2D eigenvalue weighted by molar-refractivity contribution is 7.80. The molecule has 94 valence electrons. The maximum Gasteiger partial charge on any atom is 0.243 e. The standard InChI is InChI=1S/C10H15N3O2S2/c1-6-3-11-9(17-6)4-12-10(15)8(5-16)13-7(2)14/h3,8,16H,4-5H2,1-2H3,(H,12,15)(H,13,14). The Balaban J connectivity index is 2.44. The average molecular weight is 273 g/mol. The zero-order valence-electron chi connectivity index (χ0n) is 9.69. The van der Waals surface area contributed by atoms with Gasteiger partial charge < -0.3 is 10.6 Å². The van der Waals surface area contributed by atoms with E-state index in [0.29, 0.717) is 6.54 Å². The summed E-state index contributed by atoms with van der Waals surface area (Å²) in [5, 5.41) is 6.08. The summed E-state index contributed by atoms with van der Waals surface area (Å²) in [6, 6.07) is -0.600. The zero-order chi connectivity index (χ0) is 12.8. The van der Waals surface area contributed by atoms with E-state index in [4.69, 9.17) is 0 Å². The number of nitrogens with one attached hydrogen (secondary N) is 2. The molecule has 0 fully saturated rings. The van der Waals surface area contributed by atoms with E-state index < -0.39 is 6.04 Å². The predicted molar refractivity (Wildman–Crippen MR) is 70.2 cm³/mol. The molecule has 2 N–H and O–H groups in total. The average Bonchev–Trinajstić information content (AvgIpc) is 2.68. The first-order valence-corrected chi connectivity index (χ1v) is 6.54. The molecule has 1 rings (SSSR count). The van der Waals surface area contributed by atoms with Crippen LogP contribution in [-0.2, 0) is 16.1 Å². The Bertz CT molecular complexity index is 406. The molecule has 0 aromatic carbocycles. The minimum absolute atomic E-state index is 0.246. The van der Waals surface area contributed by atoms with E-state index >= 15 is 0 Å². The van der Waals surface area contributed by atoms with Crippen LogP contribution in [0.2, 0.25) is 0 Å². The molecule has 0 aliphatic heterocycles. The molecule has 1 aromatic heterocycles. The van der Waals surface area contributed by atoms with E-state index in [-0.39, 0.29) is 17.6 Å². The number of hydrogen-bond donors (Lipinski definition) is 3. The lowest BCUT2D eigenvalue weighted by Crippen LogP contribution is -2.47. The largest absolute Gasteiger partial charge is 0.348 e. The fourth-order valence-electron chi connectivity index (χ4n) is 1.21. The summed E-state index contributed by atoms with van der Waals surface area (Å²) >= 11 is 5.56. The molecular formula is C10H15N3O2S2. The van der Waals surface area contributed by atoms with Gasteiger partial charge >= 0.3 is 0 Å². The van der Waals surface area contributed by atoms with Gasteiger partial charge in [-0.15, -0.1) is 11.3 Å². The fraction of sp³-hybridized carbons (Fsp3) is 0.500. The van der Waals surface area contributed by atoms with E-state index in [9.17, 15) is 9.59 Å². The highest BCUT2D eigenvalue weighted by Crippen LogP contribution is 2.10. The molecule has 1 heterocycles. The number of aromatic nitrogens is 1. The molecule has 0 radical (unpaired) electrons. The maximum absolute atomic E-state index is 11.7. The monoisotopic (exact) mass is 273 g/mol. The van der Waals surface area contributed by atoms with E-state index in [2.05, 4.69) is 28.2 Å². The van der Waals surface area contributed by atoms with Crippen molar-refractivity contribution in [3.63, 3.8) is 0 Å². The van der Waals surface area contributed by atoms with Crippen LogP contribution >= 0.6 is 24.0 Å². The summed E-state index contributed by atoms with van der Waals surface area (Å²) < 4.78 is 0. The number of rotatable bonds is 5. The van der Waals surface area contributed by atoms with Gasteiger partial charge in [-0.3, -0.25) is 9.59 Å². The quantitative estimate of drug-likeness (QED) is 0.684. The van der Waals surface area contributed by atoms with Crippen LogP contribution in [0.15, 0.2) is 6.20 Å². The van der Waals surface area contributed by atoms with Gasteiger partial charge in [-0.25, -0.2) is 4.98 Å². The van der Waals surface area contributed by atoms with Crippen molar-refractivity contribution < 1.29 is 9.59 Å². The second-order valence-electron chi connectivity index (χ2n) is 3.52. The smallest absolute Gasteiger partial charge is 0.243 e. The summed E-state index contributed by atoms with van der Waals surface area (Å²) in [4.78, 5) is 27.8. The second kappa shape index (κ2) is 6.61. The lowest BCUT2D eigenvalue weighted by Gasteiger charge is -2.14. The number of thiazole rings is 1. The molecule has 7 heteroatoms. The van der Waals surface area contributed by atoms with E-state index in [1.54, 1.807) is 6.20 Å². The highest BCUT2D eigenvalue weighted by atomic mass is 32.1. The first-order chi connectivity index (χ1) is 8.02. The van der Waals surface area contributed by atoms with Crippen LogP contribution in [0.1, 0.15) is 16.8 Å². The topological polar surface area (TPSA) is 71.1 Å². The molecular weight excluding hydrogens is 258 g/mol. The molecule has 5 nitrogen and oxygen atoms in total. The number of hydrogen-bond acceptors (Lipinski definition) is 5. The summed E-state index contributed by atoms with van der Waals surface area (Å²) in [5.74, 6) is -0.227. The molecule has 0 bridgehead atoms. The minimum atomic E-state index is -0.600. The van der Waals surface area contributed by atoms with Crippen molar-refractivity contribution in [2.45, 2.75) is 26.4 Å². The Labute approximate surface area is 109 Å². The van der Waals surface area contributed by atoms with Gasteiger partial charge in [0, 0.05) is 23.8 Å². The molecule has 0 aliphatic carbocycles. The summed E-state index contributed by atoms with van der Waals surface area (Å²) in [6.07, 6.45) is 1.76. The van der Waals surface area contributed by atoms with Crippen molar-refractivity contribution in [1.29, 1.82) is 0 Å². The van der Waals surface area contributed by atoms with Gasteiger partial charge in [0.15, 0.2) is 0 Å². The Kier molecular flexibility index (Phi) is 5.43. The summed E-state index contributed by atoms with van der Waals surface area (Å²) in [5.41, 5.74) is 0. The van der Waals surface area contributed by atoms with Crippen LogP contribution in [0.5, 0.6) is 0 Å². The Morgan fingerprint density at radius 3 is 2.76 bits per heavy atom. The minimum Gasteiger partial charge on any atom is -0.348 e. The number of amides is 2. The highest BCUT2D eigenvalue weighted by Gasteiger charge is 2.17. The number of carbonyl (C=O) groups excluding carboxylic acids is 2. The van der Waals surface area contributed by atoms with Gasteiger partial charge in [0.2, 0.25) is 11.8 Å². The molecule has 0 aliphatic rings. The number of carbonyl (C=O) groups is 2. The first-order valence-electron chi connectivity index (χ1n) is 5.10. The van der Waals surface area contributed by atoms with Crippen molar-refractivity contribution in [3.8, 4) is 0 Å². The van der Waals surface area contributed by atoms with Crippen LogP contribution in [0, 0.1) is 6.92 Å².